The Bertz CT molecular complexity index is 1250. The van der Waals surface area contributed by atoms with Gasteiger partial charge in [-0.2, -0.15) is 14.0 Å². The van der Waals surface area contributed by atoms with E-state index in [-0.39, 0.29) is 17.6 Å². The molecule has 3 atom stereocenters. The smallest absolute Gasteiger partial charge is 0.437 e. The minimum atomic E-state index is -3.72. The summed E-state index contributed by atoms with van der Waals surface area (Å²) in [6.45, 7) is 3.88. The third-order valence-corrected chi connectivity index (χ3v) is 6.95. The molecular formula is C28H23Cl2F2NO2. The molecule has 0 aromatic heterocycles. The van der Waals surface area contributed by atoms with Gasteiger partial charge in [0.2, 0.25) is 0 Å². The first-order valence-electron chi connectivity index (χ1n) is 11.0. The van der Waals surface area contributed by atoms with Crippen LogP contribution in [0.4, 0.5) is 8.78 Å². The van der Waals surface area contributed by atoms with Gasteiger partial charge >= 0.3 is 6.11 Å². The molecule has 0 N–H and O–H groups in total. The average molecular weight is 514 g/mol. The molecule has 0 spiro atoms. The Morgan fingerprint density at radius 2 is 1.66 bits per heavy atom. The molecule has 7 heteroatoms. The van der Waals surface area contributed by atoms with Gasteiger partial charge in [0.1, 0.15) is 22.3 Å². The molecule has 4 rings (SSSR count). The van der Waals surface area contributed by atoms with Crippen LogP contribution in [0.25, 0.3) is 0 Å². The monoisotopic (exact) mass is 513 g/mol. The van der Waals surface area contributed by atoms with E-state index in [1.165, 1.54) is 30.3 Å². The summed E-state index contributed by atoms with van der Waals surface area (Å²) < 4.78 is 40.1. The number of nitriles is 1. The van der Waals surface area contributed by atoms with Crippen LogP contribution in [0, 0.1) is 28.6 Å². The fourth-order valence-electron chi connectivity index (χ4n) is 4.39. The first-order chi connectivity index (χ1) is 16.6. The number of allylic oxidation sites excluding steroid dienone is 1. The molecular weight excluding hydrogens is 491 g/mol. The number of benzene rings is 3. The summed E-state index contributed by atoms with van der Waals surface area (Å²) in [7, 11) is 0. The maximum Gasteiger partial charge on any atom is 0.437 e. The fourth-order valence-corrected chi connectivity index (χ4v) is 4.69. The highest BCUT2D eigenvalue weighted by Gasteiger charge is 2.61. The van der Waals surface area contributed by atoms with Gasteiger partial charge in [-0.3, -0.25) is 0 Å². The maximum atomic E-state index is 14.7. The predicted molar refractivity (Wildman–Crippen MR) is 133 cm³/mol. The number of nitrogens with zero attached hydrogens (tertiary/aromatic N) is 1. The van der Waals surface area contributed by atoms with E-state index < -0.39 is 22.5 Å². The molecule has 3 aromatic rings. The Labute approximate surface area is 213 Å². The molecule has 1 saturated carbocycles. The second-order valence-electron chi connectivity index (χ2n) is 9.05. The highest BCUT2D eigenvalue weighted by atomic mass is 35.5. The van der Waals surface area contributed by atoms with Crippen molar-refractivity contribution in [3.05, 3.63) is 101 Å². The number of para-hydroxylation sites is 1. The Balaban J connectivity index is 1.52. The van der Waals surface area contributed by atoms with Crippen molar-refractivity contribution in [3.8, 4) is 23.3 Å². The number of ether oxygens (including phenoxy) is 2. The third-order valence-electron chi connectivity index (χ3n) is 6.35. The zero-order chi connectivity index (χ0) is 25.2. The maximum absolute atomic E-state index is 14.7. The topological polar surface area (TPSA) is 42.2 Å². The van der Waals surface area contributed by atoms with Crippen molar-refractivity contribution in [2.45, 2.75) is 25.9 Å². The van der Waals surface area contributed by atoms with Gasteiger partial charge in [0.25, 0.3) is 0 Å². The molecule has 0 aliphatic heterocycles. The lowest BCUT2D eigenvalue weighted by molar-refractivity contribution is -0.136. The summed E-state index contributed by atoms with van der Waals surface area (Å²) in [6.07, 6.45) is -2.40. The highest BCUT2D eigenvalue weighted by Crippen LogP contribution is 2.65. The first kappa shape index (κ1) is 25.0. The second-order valence-corrected chi connectivity index (χ2v) is 9.90. The van der Waals surface area contributed by atoms with Crippen molar-refractivity contribution in [2.75, 3.05) is 0 Å². The third kappa shape index (κ3) is 5.61. The highest BCUT2D eigenvalue weighted by molar-refractivity contribution is 6.30. The SMILES string of the molecule is CC1(C)[C@@H](C=C(Cl)C(F)(F)Oc2ccc(Cl)cc2)[C@@H]1C(C#N)c1cccc(Oc2ccccc2)c1. The minimum Gasteiger partial charge on any atom is -0.457 e. The number of rotatable bonds is 8. The van der Waals surface area contributed by atoms with Crippen LogP contribution < -0.4 is 9.47 Å². The summed E-state index contributed by atoms with van der Waals surface area (Å²) in [5, 5.41) is 9.69. The average Bonchev–Trinajstić information content (AvgIpc) is 3.35. The molecule has 0 bridgehead atoms. The van der Waals surface area contributed by atoms with Crippen LogP contribution in [0.15, 0.2) is 90.0 Å². The van der Waals surface area contributed by atoms with E-state index in [0.29, 0.717) is 16.5 Å². The number of alkyl halides is 2. The molecule has 1 fully saturated rings. The van der Waals surface area contributed by atoms with Crippen molar-refractivity contribution >= 4 is 23.2 Å². The van der Waals surface area contributed by atoms with Crippen molar-refractivity contribution < 1.29 is 18.3 Å². The van der Waals surface area contributed by atoms with E-state index in [9.17, 15) is 14.0 Å². The van der Waals surface area contributed by atoms with E-state index in [2.05, 4.69) is 6.07 Å². The fraction of sp³-hybridized carbons (Fsp3) is 0.250. The predicted octanol–water partition coefficient (Wildman–Crippen LogP) is 8.81. The molecule has 1 unspecified atom stereocenters. The Kier molecular flexibility index (Phi) is 7.07. The molecule has 1 aliphatic rings. The van der Waals surface area contributed by atoms with Crippen LogP contribution in [0.1, 0.15) is 25.3 Å². The van der Waals surface area contributed by atoms with Gasteiger partial charge in [-0.05, 0) is 71.3 Å². The van der Waals surface area contributed by atoms with Crippen molar-refractivity contribution in [1.82, 2.24) is 0 Å². The first-order valence-corrected chi connectivity index (χ1v) is 11.8. The number of halogens is 4. The molecule has 0 saturated heterocycles. The van der Waals surface area contributed by atoms with Gasteiger partial charge in [-0.15, -0.1) is 0 Å². The van der Waals surface area contributed by atoms with E-state index in [4.69, 9.17) is 32.7 Å². The molecule has 180 valence electrons. The Hall–Kier alpha value is -3.07. The minimum absolute atomic E-state index is 0.0531. The van der Waals surface area contributed by atoms with E-state index in [0.717, 1.165) is 5.56 Å². The molecule has 3 aromatic carbocycles. The van der Waals surface area contributed by atoms with Gasteiger partial charge in [0.15, 0.2) is 0 Å². The van der Waals surface area contributed by atoms with Gasteiger partial charge < -0.3 is 9.47 Å². The number of hydrogen-bond acceptors (Lipinski definition) is 3. The lowest BCUT2D eigenvalue weighted by Gasteiger charge is -2.17. The summed E-state index contributed by atoms with van der Waals surface area (Å²) in [5.41, 5.74) is 0.350. The van der Waals surface area contributed by atoms with E-state index >= 15 is 0 Å². The normalized spacial score (nSPS) is 20.0. The van der Waals surface area contributed by atoms with Crippen LogP contribution in [-0.2, 0) is 0 Å². The van der Waals surface area contributed by atoms with Crippen LogP contribution in [0.3, 0.4) is 0 Å². The van der Waals surface area contributed by atoms with Crippen LogP contribution in [0.2, 0.25) is 5.02 Å². The zero-order valence-corrected chi connectivity index (χ0v) is 20.6. The Morgan fingerprint density at radius 1 is 1.00 bits per heavy atom. The zero-order valence-electron chi connectivity index (χ0n) is 19.1. The largest absolute Gasteiger partial charge is 0.457 e. The van der Waals surface area contributed by atoms with E-state index in [1.54, 1.807) is 0 Å². The summed E-state index contributed by atoms with van der Waals surface area (Å²) in [5.74, 6) is 0.155. The summed E-state index contributed by atoms with van der Waals surface area (Å²) in [6, 6.07) is 24.6. The summed E-state index contributed by atoms with van der Waals surface area (Å²) >= 11 is 11.8. The summed E-state index contributed by atoms with van der Waals surface area (Å²) in [4.78, 5) is 0. The molecule has 0 heterocycles. The van der Waals surface area contributed by atoms with E-state index in [1.807, 2.05) is 68.4 Å². The van der Waals surface area contributed by atoms with Crippen LogP contribution in [-0.4, -0.2) is 6.11 Å². The Morgan fingerprint density at radius 3 is 2.31 bits per heavy atom. The lowest BCUT2D eigenvalue weighted by Crippen LogP contribution is -2.25. The van der Waals surface area contributed by atoms with Crippen LogP contribution in [0.5, 0.6) is 17.2 Å². The molecule has 1 aliphatic carbocycles. The molecule has 0 amide bonds. The molecule has 0 radical (unpaired) electrons. The van der Waals surface area contributed by atoms with Crippen molar-refractivity contribution in [2.24, 2.45) is 17.3 Å². The van der Waals surface area contributed by atoms with Gasteiger partial charge in [-0.25, -0.2) is 0 Å². The van der Waals surface area contributed by atoms with Crippen molar-refractivity contribution in [1.29, 1.82) is 5.26 Å². The van der Waals surface area contributed by atoms with Crippen molar-refractivity contribution in [3.63, 3.8) is 0 Å². The quantitative estimate of drug-likeness (QED) is 0.302. The lowest BCUT2D eigenvalue weighted by atomic mass is 9.91. The van der Waals surface area contributed by atoms with Gasteiger partial charge in [0.05, 0.1) is 12.0 Å². The molecule has 35 heavy (non-hydrogen) atoms. The number of hydrogen-bond donors (Lipinski definition) is 0. The van der Waals surface area contributed by atoms with Gasteiger partial charge in [-0.1, -0.05) is 73.5 Å². The second kappa shape index (κ2) is 9.89. The van der Waals surface area contributed by atoms with Crippen LogP contribution >= 0.6 is 23.2 Å². The molecule has 3 nitrogen and oxygen atoms in total. The standard InChI is InChI=1S/C28H23Cl2F2NO2/c1-27(2)24(16-25(30)28(31,32)35-21-13-11-19(29)12-14-21)26(27)23(17-33)18-7-6-10-22(15-18)34-20-8-4-3-5-9-20/h3-16,23-24,26H,1-2H3/t23?,24-,26-/m0/s1. The van der Waals surface area contributed by atoms with Gasteiger partial charge in [0, 0.05) is 5.02 Å².